The molecule has 0 aliphatic heterocycles. The van der Waals surface area contributed by atoms with E-state index in [0.717, 1.165) is 12.1 Å². The zero-order valence-corrected chi connectivity index (χ0v) is 13.1. The van der Waals surface area contributed by atoms with Crippen molar-refractivity contribution in [2.45, 2.75) is 30.9 Å². The minimum absolute atomic E-state index is 0.307. The quantitative estimate of drug-likeness (QED) is 0.784. The normalized spacial score (nSPS) is 11.2. The number of anilines is 1. The fourth-order valence-electron chi connectivity index (χ4n) is 1.94. The van der Waals surface area contributed by atoms with Gasteiger partial charge in [-0.25, -0.2) is 0 Å². The minimum atomic E-state index is -2.45. The number of aromatic nitrogens is 2. The maximum atomic E-state index is 12.2. The highest BCUT2D eigenvalue weighted by molar-refractivity contribution is 7.99. The first-order valence-corrected chi connectivity index (χ1v) is 7.72. The van der Waals surface area contributed by atoms with E-state index < -0.39 is 5.76 Å². The molecule has 2 N–H and O–H groups in total. The molecule has 2 aromatic rings. The topological polar surface area (TPSA) is 57.8 Å². The summed E-state index contributed by atoms with van der Waals surface area (Å²) in [7, 11) is 0. The lowest BCUT2D eigenvalue weighted by Crippen LogP contribution is -2.12. The number of halogens is 2. The van der Waals surface area contributed by atoms with Crippen LogP contribution in [-0.4, -0.2) is 21.9 Å². The van der Waals surface area contributed by atoms with Crippen LogP contribution in [0.4, 0.5) is 14.5 Å². The molecule has 1 amide bonds. The molecule has 0 fully saturated rings. The van der Waals surface area contributed by atoms with Gasteiger partial charge in [-0.05, 0) is 42.7 Å². The van der Waals surface area contributed by atoms with E-state index in [0.29, 0.717) is 34.0 Å². The molecule has 0 saturated carbocycles. The Morgan fingerprint density at radius 2 is 2.00 bits per heavy atom. The predicted molar refractivity (Wildman–Crippen MR) is 83.4 cm³/mol. The molecule has 1 aromatic heterocycles. The van der Waals surface area contributed by atoms with Gasteiger partial charge in [0.1, 0.15) is 0 Å². The van der Waals surface area contributed by atoms with Gasteiger partial charge in [0.2, 0.25) is 0 Å². The number of hydrogen-bond acceptors (Lipinski definition) is 3. The SMILES string of the molecule is CC(C)Cc1cc(C(=O)Nc2ccc(SC(F)F)cc2)n[nH]1. The van der Waals surface area contributed by atoms with Crippen molar-refractivity contribution in [2.24, 2.45) is 5.92 Å². The first-order valence-electron chi connectivity index (χ1n) is 6.84. The van der Waals surface area contributed by atoms with Crippen LogP contribution in [0, 0.1) is 5.92 Å². The molecule has 0 aliphatic carbocycles. The van der Waals surface area contributed by atoms with Gasteiger partial charge < -0.3 is 5.32 Å². The second-order valence-corrected chi connectivity index (χ2v) is 6.30. The van der Waals surface area contributed by atoms with Crippen LogP contribution in [-0.2, 0) is 6.42 Å². The van der Waals surface area contributed by atoms with Crippen LogP contribution in [0.5, 0.6) is 0 Å². The van der Waals surface area contributed by atoms with Crippen LogP contribution in [0.2, 0.25) is 0 Å². The van der Waals surface area contributed by atoms with Gasteiger partial charge in [-0.2, -0.15) is 13.9 Å². The van der Waals surface area contributed by atoms with Crippen molar-refractivity contribution in [3.05, 3.63) is 41.7 Å². The van der Waals surface area contributed by atoms with Crippen molar-refractivity contribution in [1.82, 2.24) is 10.2 Å². The van der Waals surface area contributed by atoms with E-state index in [1.165, 1.54) is 0 Å². The van der Waals surface area contributed by atoms with E-state index in [1.807, 2.05) is 0 Å². The maximum Gasteiger partial charge on any atom is 0.288 e. The highest BCUT2D eigenvalue weighted by Gasteiger charge is 2.12. The van der Waals surface area contributed by atoms with Crippen LogP contribution in [0.25, 0.3) is 0 Å². The highest BCUT2D eigenvalue weighted by Crippen LogP contribution is 2.26. The van der Waals surface area contributed by atoms with Crippen LogP contribution >= 0.6 is 11.8 Å². The summed E-state index contributed by atoms with van der Waals surface area (Å²) in [6, 6.07) is 7.98. The van der Waals surface area contributed by atoms with Crippen LogP contribution in [0.1, 0.15) is 30.0 Å². The largest absolute Gasteiger partial charge is 0.321 e. The summed E-state index contributed by atoms with van der Waals surface area (Å²) in [5.74, 6) is -2.32. The zero-order chi connectivity index (χ0) is 16.1. The van der Waals surface area contributed by atoms with E-state index in [9.17, 15) is 13.6 Å². The average Bonchev–Trinajstić information content (AvgIpc) is 2.88. The van der Waals surface area contributed by atoms with Crippen LogP contribution < -0.4 is 5.32 Å². The number of carbonyl (C=O) groups excluding carboxylic acids is 1. The van der Waals surface area contributed by atoms with Gasteiger partial charge >= 0.3 is 0 Å². The summed E-state index contributed by atoms with van der Waals surface area (Å²) in [5.41, 5.74) is 1.75. The Morgan fingerprint density at radius 3 is 2.59 bits per heavy atom. The third-order valence-corrected chi connectivity index (χ3v) is 3.55. The van der Waals surface area contributed by atoms with Gasteiger partial charge in [-0.15, -0.1) is 0 Å². The molecule has 0 unspecified atom stereocenters. The number of nitrogens with zero attached hydrogens (tertiary/aromatic N) is 1. The van der Waals surface area contributed by atoms with E-state index in [-0.39, 0.29) is 5.91 Å². The highest BCUT2D eigenvalue weighted by atomic mass is 32.2. The van der Waals surface area contributed by atoms with Gasteiger partial charge in [0, 0.05) is 16.3 Å². The smallest absolute Gasteiger partial charge is 0.288 e. The first kappa shape index (κ1) is 16.5. The van der Waals surface area contributed by atoms with Crippen LogP contribution in [0.3, 0.4) is 0 Å². The van der Waals surface area contributed by atoms with Crippen LogP contribution in [0.15, 0.2) is 35.2 Å². The van der Waals surface area contributed by atoms with E-state index in [2.05, 4.69) is 29.4 Å². The Morgan fingerprint density at radius 1 is 1.32 bits per heavy atom. The van der Waals surface area contributed by atoms with Crippen molar-refractivity contribution < 1.29 is 13.6 Å². The van der Waals surface area contributed by atoms with E-state index >= 15 is 0 Å². The minimum Gasteiger partial charge on any atom is -0.321 e. The lowest BCUT2D eigenvalue weighted by atomic mass is 10.1. The molecule has 1 heterocycles. The standard InChI is InChI=1S/C15H17F2N3OS/c1-9(2)7-11-8-13(20-19-11)14(21)18-10-3-5-12(6-4-10)22-15(16)17/h3-6,8-9,15H,7H2,1-2H3,(H,18,21)(H,19,20). The number of rotatable bonds is 6. The summed E-state index contributed by atoms with van der Waals surface area (Å²) >= 11 is 0.468. The molecule has 0 atom stereocenters. The Hall–Kier alpha value is -1.89. The summed E-state index contributed by atoms with van der Waals surface area (Å²) in [5, 5.41) is 9.51. The molecule has 0 spiro atoms. The van der Waals surface area contributed by atoms with Gasteiger partial charge in [0.25, 0.3) is 11.7 Å². The molecule has 2 rings (SSSR count). The lowest BCUT2D eigenvalue weighted by Gasteiger charge is -2.04. The molecule has 0 saturated heterocycles. The molecule has 0 aliphatic rings. The molecule has 4 nitrogen and oxygen atoms in total. The molecular weight excluding hydrogens is 308 g/mol. The maximum absolute atomic E-state index is 12.2. The summed E-state index contributed by atoms with van der Waals surface area (Å²) < 4.78 is 24.5. The van der Waals surface area contributed by atoms with Crippen molar-refractivity contribution in [2.75, 3.05) is 5.32 Å². The monoisotopic (exact) mass is 325 g/mol. The number of benzene rings is 1. The van der Waals surface area contributed by atoms with Crippen molar-refractivity contribution >= 4 is 23.4 Å². The number of carbonyl (C=O) groups is 1. The number of alkyl halides is 2. The summed E-state index contributed by atoms with van der Waals surface area (Å²) in [4.78, 5) is 12.5. The Labute approximate surface area is 131 Å². The Bertz CT molecular complexity index is 626. The average molecular weight is 325 g/mol. The lowest BCUT2D eigenvalue weighted by molar-refractivity contribution is 0.102. The number of nitrogens with one attached hydrogen (secondary N) is 2. The number of aromatic amines is 1. The van der Waals surface area contributed by atoms with Gasteiger partial charge in [0.05, 0.1) is 0 Å². The third-order valence-electron chi connectivity index (χ3n) is 2.83. The van der Waals surface area contributed by atoms with Gasteiger partial charge in [0.15, 0.2) is 5.69 Å². The molecular formula is C15H17F2N3OS. The molecule has 22 heavy (non-hydrogen) atoms. The Balaban J connectivity index is 1.98. The summed E-state index contributed by atoms with van der Waals surface area (Å²) in [6.07, 6.45) is 0.819. The predicted octanol–water partition coefficient (Wildman–Crippen LogP) is 4.18. The van der Waals surface area contributed by atoms with Gasteiger partial charge in [-0.1, -0.05) is 25.6 Å². The van der Waals surface area contributed by atoms with Crippen molar-refractivity contribution in [1.29, 1.82) is 0 Å². The number of thioether (sulfide) groups is 1. The van der Waals surface area contributed by atoms with E-state index in [1.54, 1.807) is 30.3 Å². The summed E-state index contributed by atoms with van der Waals surface area (Å²) in [6.45, 7) is 4.17. The van der Waals surface area contributed by atoms with E-state index in [4.69, 9.17) is 0 Å². The third kappa shape index (κ3) is 4.84. The second-order valence-electron chi connectivity index (χ2n) is 5.23. The molecule has 0 radical (unpaired) electrons. The second kappa shape index (κ2) is 7.40. The van der Waals surface area contributed by atoms with Crippen molar-refractivity contribution in [3.63, 3.8) is 0 Å². The fourth-order valence-corrected chi connectivity index (χ4v) is 2.44. The number of amides is 1. The molecule has 1 aromatic carbocycles. The fraction of sp³-hybridized carbons (Fsp3) is 0.333. The molecule has 118 valence electrons. The first-order chi connectivity index (χ1) is 10.4. The molecule has 0 bridgehead atoms. The Kier molecular flexibility index (Phi) is 5.54. The molecule has 7 heteroatoms. The number of hydrogen-bond donors (Lipinski definition) is 2. The number of H-pyrrole nitrogens is 1. The van der Waals surface area contributed by atoms with Gasteiger partial charge in [-0.3, -0.25) is 9.89 Å². The zero-order valence-electron chi connectivity index (χ0n) is 12.3. The van der Waals surface area contributed by atoms with Crippen molar-refractivity contribution in [3.8, 4) is 0 Å².